The second-order valence-electron chi connectivity index (χ2n) is 4.26. The normalized spacial score (nSPS) is 10.7. The fourth-order valence-electron chi connectivity index (χ4n) is 1.86. The molecule has 2 aromatic carbocycles. The van der Waals surface area contributed by atoms with Gasteiger partial charge in [0.2, 0.25) is 0 Å². The molecule has 0 aliphatic heterocycles. The molecule has 6 heteroatoms. The lowest BCUT2D eigenvalue weighted by atomic mass is 10.2. The van der Waals surface area contributed by atoms with Crippen LogP contribution >= 0.6 is 27.7 Å². The lowest BCUT2D eigenvalue weighted by Gasteiger charge is -2.06. The lowest BCUT2D eigenvalue weighted by molar-refractivity contribution is 0.0693. The molecule has 3 rings (SSSR count). The van der Waals surface area contributed by atoms with Crippen molar-refractivity contribution in [2.45, 2.75) is 10.1 Å². The molecule has 3 aromatic rings. The Balaban J connectivity index is 2.02. The van der Waals surface area contributed by atoms with E-state index < -0.39 is 5.97 Å². The van der Waals surface area contributed by atoms with Crippen molar-refractivity contribution in [1.29, 1.82) is 0 Å². The molecule has 0 amide bonds. The summed E-state index contributed by atoms with van der Waals surface area (Å²) in [6.07, 6.45) is 1.74. The minimum absolute atomic E-state index is 0.236. The molecule has 0 aliphatic rings. The number of carboxylic acid groups (broad SMARTS) is 1. The minimum Gasteiger partial charge on any atom is -0.478 e. The summed E-state index contributed by atoms with van der Waals surface area (Å²) in [4.78, 5) is 20.6. The van der Waals surface area contributed by atoms with Gasteiger partial charge in [-0.25, -0.2) is 14.8 Å². The molecule has 0 aliphatic carbocycles. The zero-order valence-electron chi connectivity index (χ0n) is 10.7. The Labute approximate surface area is 133 Å². The SMILES string of the molecule is O=C(O)c1ccc(Br)cc1Sc1ncc2ccccc2n1. The van der Waals surface area contributed by atoms with Crippen molar-refractivity contribution >= 4 is 44.6 Å². The van der Waals surface area contributed by atoms with Crippen LogP contribution in [0.1, 0.15) is 10.4 Å². The Bertz CT molecular complexity index is 839. The average molecular weight is 361 g/mol. The molecule has 21 heavy (non-hydrogen) atoms. The van der Waals surface area contributed by atoms with Gasteiger partial charge in [0.25, 0.3) is 0 Å². The van der Waals surface area contributed by atoms with Gasteiger partial charge in [0.15, 0.2) is 5.16 Å². The number of fused-ring (bicyclic) bond motifs is 1. The molecule has 104 valence electrons. The third-order valence-electron chi connectivity index (χ3n) is 2.84. The number of aromatic nitrogens is 2. The molecular weight excluding hydrogens is 352 g/mol. The van der Waals surface area contributed by atoms with E-state index in [1.807, 2.05) is 24.3 Å². The van der Waals surface area contributed by atoms with Crippen molar-refractivity contribution in [2.75, 3.05) is 0 Å². The monoisotopic (exact) mass is 360 g/mol. The number of aromatic carboxylic acids is 1. The molecular formula is C15H9BrN2O2S. The summed E-state index contributed by atoms with van der Waals surface area (Å²) >= 11 is 4.59. The molecule has 1 aromatic heterocycles. The Hall–Kier alpha value is -1.92. The van der Waals surface area contributed by atoms with Crippen molar-refractivity contribution in [1.82, 2.24) is 9.97 Å². The molecule has 4 nitrogen and oxygen atoms in total. The van der Waals surface area contributed by atoms with E-state index in [2.05, 4.69) is 25.9 Å². The number of rotatable bonds is 3. The van der Waals surface area contributed by atoms with Crippen molar-refractivity contribution in [3.63, 3.8) is 0 Å². The molecule has 0 radical (unpaired) electrons. The van der Waals surface area contributed by atoms with Crippen LogP contribution in [0.3, 0.4) is 0 Å². The van der Waals surface area contributed by atoms with Crippen molar-refractivity contribution in [2.24, 2.45) is 0 Å². The van der Waals surface area contributed by atoms with Gasteiger partial charge in [-0.1, -0.05) is 34.1 Å². The van der Waals surface area contributed by atoms with Gasteiger partial charge in [-0.05, 0) is 36.0 Å². The molecule has 1 heterocycles. The molecule has 0 atom stereocenters. The molecule has 0 spiro atoms. The summed E-state index contributed by atoms with van der Waals surface area (Å²) in [5, 5.41) is 10.7. The summed E-state index contributed by atoms with van der Waals surface area (Å²) in [7, 11) is 0. The van der Waals surface area contributed by atoms with Crippen LogP contribution in [-0.2, 0) is 0 Å². The predicted molar refractivity (Wildman–Crippen MR) is 84.8 cm³/mol. The maximum Gasteiger partial charge on any atom is 0.336 e. The van der Waals surface area contributed by atoms with Gasteiger partial charge in [0, 0.05) is 21.0 Å². The molecule has 1 N–H and O–H groups in total. The van der Waals surface area contributed by atoms with E-state index in [0.717, 1.165) is 15.4 Å². The second-order valence-corrected chi connectivity index (χ2v) is 6.18. The zero-order valence-corrected chi connectivity index (χ0v) is 13.1. The third kappa shape index (κ3) is 3.06. The molecule has 0 bridgehead atoms. The van der Waals surface area contributed by atoms with Crippen molar-refractivity contribution in [3.05, 3.63) is 58.7 Å². The third-order valence-corrected chi connectivity index (χ3v) is 4.27. The van der Waals surface area contributed by atoms with E-state index in [4.69, 9.17) is 0 Å². The van der Waals surface area contributed by atoms with Gasteiger partial charge in [-0.15, -0.1) is 0 Å². The molecule has 0 saturated carbocycles. The number of para-hydroxylation sites is 1. The van der Waals surface area contributed by atoms with Gasteiger partial charge in [-0.2, -0.15) is 0 Å². The van der Waals surface area contributed by atoms with Crippen molar-refractivity contribution < 1.29 is 9.90 Å². The van der Waals surface area contributed by atoms with Crippen LogP contribution in [0.15, 0.2) is 63.2 Å². The van der Waals surface area contributed by atoms with Crippen LogP contribution < -0.4 is 0 Å². The fourth-order valence-corrected chi connectivity index (χ4v) is 3.27. The van der Waals surface area contributed by atoms with Crippen LogP contribution in [0.25, 0.3) is 10.9 Å². The molecule has 0 unspecified atom stereocenters. The minimum atomic E-state index is -0.967. The number of hydrogen-bond donors (Lipinski definition) is 1. The van der Waals surface area contributed by atoms with E-state index >= 15 is 0 Å². The summed E-state index contributed by atoms with van der Waals surface area (Å²) < 4.78 is 0.816. The van der Waals surface area contributed by atoms with E-state index in [-0.39, 0.29) is 5.56 Å². The Morgan fingerprint density at radius 2 is 2.00 bits per heavy atom. The van der Waals surface area contributed by atoms with Crippen LogP contribution in [0.4, 0.5) is 0 Å². The maximum absolute atomic E-state index is 11.3. The van der Waals surface area contributed by atoms with Crippen molar-refractivity contribution in [3.8, 4) is 0 Å². The number of carbonyl (C=O) groups is 1. The van der Waals surface area contributed by atoms with Crippen LogP contribution in [0.2, 0.25) is 0 Å². The van der Waals surface area contributed by atoms with Crippen LogP contribution in [0.5, 0.6) is 0 Å². The average Bonchev–Trinajstić information content (AvgIpc) is 2.47. The molecule has 0 fully saturated rings. The topological polar surface area (TPSA) is 63.1 Å². The largest absolute Gasteiger partial charge is 0.478 e. The van der Waals surface area contributed by atoms with E-state index in [9.17, 15) is 9.90 Å². The maximum atomic E-state index is 11.3. The first kappa shape index (κ1) is 14.0. The van der Waals surface area contributed by atoms with Gasteiger partial charge < -0.3 is 5.11 Å². The van der Waals surface area contributed by atoms with E-state index in [1.165, 1.54) is 11.8 Å². The summed E-state index contributed by atoms with van der Waals surface area (Å²) in [5.74, 6) is -0.967. The highest BCUT2D eigenvalue weighted by Crippen LogP contribution is 2.31. The Kier molecular flexibility index (Phi) is 3.90. The zero-order chi connectivity index (χ0) is 14.8. The number of carboxylic acids is 1. The highest BCUT2D eigenvalue weighted by atomic mass is 79.9. The lowest BCUT2D eigenvalue weighted by Crippen LogP contribution is -1.99. The summed E-state index contributed by atoms with van der Waals surface area (Å²) in [5.41, 5.74) is 1.07. The van der Waals surface area contributed by atoms with E-state index in [1.54, 1.807) is 24.4 Å². The number of nitrogens with zero attached hydrogens (tertiary/aromatic N) is 2. The summed E-state index contributed by atoms with van der Waals surface area (Å²) in [6, 6.07) is 12.7. The number of halogens is 1. The van der Waals surface area contributed by atoms with Crippen LogP contribution in [-0.4, -0.2) is 21.0 Å². The highest BCUT2D eigenvalue weighted by molar-refractivity contribution is 9.10. The predicted octanol–water partition coefficient (Wildman–Crippen LogP) is 4.24. The molecule has 0 saturated heterocycles. The number of hydrogen-bond acceptors (Lipinski definition) is 4. The van der Waals surface area contributed by atoms with Gasteiger partial charge in [0.1, 0.15) is 0 Å². The van der Waals surface area contributed by atoms with Gasteiger partial charge in [0.05, 0.1) is 11.1 Å². The fraction of sp³-hybridized carbons (Fsp3) is 0. The summed E-state index contributed by atoms with van der Waals surface area (Å²) in [6.45, 7) is 0. The first-order valence-corrected chi connectivity index (χ1v) is 7.67. The smallest absolute Gasteiger partial charge is 0.336 e. The Morgan fingerprint density at radius 1 is 1.19 bits per heavy atom. The Morgan fingerprint density at radius 3 is 2.81 bits per heavy atom. The van der Waals surface area contributed by atoms with Gasteiger partial charge >= 0.3 is 5.97 Å². The first-order valence-electron chi connectivity index (χ1n) is 6.06. The first-order chi connectivity index (χ1) is 10.1. The van der Waals surface area contributed by atoms with E-state index in [0.29, 0.717) is 10.1 Å². The second kappa shape index (κ2) is 5.83. The standard InChI is InChI=1S/C15H9BrN2O2S/c16-10-5-6-11(14(19)20)13(7-10)21-15-17-8-9-3-1-2-4-12(9)18-15/h1-8H,(H,19,20). The quantitative estimate of drug-likeness (QED) is 0.707. The number of benzene rings is 2. The van der Waals surface area contributed by atoms with Gasteiger partial charge in [-0.3, -0.25) is 0 Å². The highest BCUT2D eigenvalue weighted by Gasteiger charge is 2.13. The van der Waals surface area contributed by atoms with Crippen LogP contribution in [0, 0.1) is 0 Å².